The number of hydrogen-bond donors (Lipinski definition) is 1. The van der Waals surface area contributed by atoms with Crippen molar-refractivity contribution in [1.29, 1.82) is 5.26 Å². The molecule has 1 aromatic rings. The van der Waals surface area contributed by atoms with Gasteiger partial charge >= 0.3 is 11.9 Å². The SMILES string of the molecule is C=C(C)CC(=O)OC1=C(CC(=O)CC(C)=O)C(Oc2ccc(N)cc2C(=O)C#N)CC[C@H]1OC(=O)CC(=C)C. The minimum atomic E-state index is -1.02. The lowest BCUT2D eigenvalue weighted by Crippen LogP contribution is -2.36. The second-order valence-electron chi connectivity index (χ2n) is 9.58. The van der Waals surface area contributed by atoms with Crippen LogP contribution in [0.1, 0.15) is 69.7 Å². The van der Waals surface area contributed by atoms with Gasteiger partial charge in [0.25, 0.3) is 5.78 Å². The van der Waals surface area contributed by atoms with Crippen LogP contribution in [0.2, 0.25) is 0 Å². The maximum atomic E-state index is 12.8. The van der Waals surface area contributed by atoms with Crippen LogP contribution in [0.3, 0.4) is 0 Å². The van der Waals surface area contributed by atoms with Crippen molar-refractivity contribution in [3.63, 3.8) is 0 Å². The number of nitrogen functional groups attached to an aromatic ring is 1. The molecule has 0 aliphatic heterocycles. The van der Waals surface area contributed by atoms with Crippen LogP contribution >= 0.6 is 0 Å². The van der Waals surface area contributed by atoms with Gasteiger partial charge in [-0.25, -0.2) is 0 Å². The third-order valence-corrected chi connectivity index (χ3v) is 5.53. The molecule has 2 rings (SSSR count). The van der Waals surface area contributed by atoms with Crippen molar-refractivity contribution in [2.75, 3.05) is 5.73 Å². The molecule has 10 heteroatoms. The van der Waals surface area contributed by atoms with E-state index in [1.165, 1.54) is 31.2 Å². The lowest BCUT2D eigenvalue weighted by molar-refractivity contribution is -0.154. The fraction of sp³-hybridized carbons (Fsp3) is 0.379. The number of nitrogens with two attached hydrogens (primary N) is 1. The zero-order valence-corrected chi connectivity index (χ0v) is 22.3. The Morgan fingerprint density at radius 1 is 0.974 bits per heavy atom. The number of esters is 2. The zero-order valence-electron chi connectivity index (χ0n) is 22.3. The first-order chi connectivity index (χ1) is 18.3. The van der Waals surface area contributed by atoms with Gasteiger partial charge in [-0.3, -0.25) is 24.0 Å². The molecule has 0 amide bonds. The van der Waals surface area contributed by atoms with Gasteiger partial charge in [-0.2, -0.15) is 5.26 Å². The predicted octanol–water partition coefficient (Wildman–Crippen LogP) is 4.10. The van der Waals surface area contributed by atoms with E-state index in [2.05, 4.69) is 13.2 Å². The molecule has 0 saturated heterocycles. The molecule has 0 bridgehead atoms. The number of ether oxygens (including phenoxy) is 3. The first-order valence-electron chi connectivity index (χ1n) is 12.2. The first kappa shape index (κ1) is 30.7. The summed E-state index contributed by atoms with van der Waals surface area (Å²) in [5.74, 6) is -3.06. The number of anilines is 1. The molecule has 1 unspecified atom stereocenters. The van der Waals surface area contributed by atoms with Crippen molar-refractivity contribution in [3.05, 3.63) is 59.4 Å². The van der Waals surface area contributed by atoms with E-state index in [-0.39, 0.29) is 72.6 Å². The van der Waals surface area contributed by atoms with Crippen LogP contribution in [0, 0.1) is 11.3 Å². The highest BCUT2D eigenvalue weighted by molar-refractivity contribution is 6.09. The van der Waals surface area contributed by atoms with E-state index in [1.807, 2.05) is 0 Å². The highest BCUT2D eigenvalue weighted by Crippen LogP contribution is 2.36. The van der Waals surface area contributed by atoms with Crippen LogP contribution in [0.5, 0.6) is 5.75 Å². The van der Waals surface area contributed by atoms with Crippen LogP contribution in [-0.4, -0.2) is 41.5 Å². The third-order valence-electron chi connectivity index (χ3n) is 5.53. The number of hydrogen-bond acceptors (Lipinski definition) is 10. The molecular formula is C29H32N2O8. The number of carbonyl (C=O) groups is 5. The van der Waals surface area contributed by atoms with Gasteiger partial charge < -0.3 is 19.9 Å². The molecule has 2 N–H and O–H groups in total. The molecule has 0 aromatic heterocycles. The predicted molar refractivity (Wildman–Crippen MR) is 141 cm³/mol. The third kappa shape index (κ3) is 9.38. The maximum absolute atomic E-state index is 12.8. The second kappa shape index (κ2) is 13.9. The smallest absolute Gasteiger partial charge is 0.315 e. The van der Waals surface area contributed by atoms with E-state index in [9.17, 15) is 24.0 Å². The molecule has 1 aliphatic carbocycles. The Labute approximate surface area is 227 Å². The molecule has 0 heterocycles. The topological polar surface area (TPSA) is 163 Å². The minimum absolute atomic E-state index is 0.0302. The summed E-state index contributed by atoms with van der Waals surface area (Å²) in [5, 5.41) is 9.16. The van der Waals surface area contributed by atoms with Gasteiger partial charge in [-0.05, 0) is 51.8 Å². The van der Waals surface area contributed by atoms with Crippen LogP contribution < -0.4 is 10.5 Å². The number of ketones is 3. The Morgan fingerprint density at radius 3 is 2.18 bits per heavy atom. The molecular weight excluding hydrogens is 504 g/mol. The van der Waals surface area contributed by atoms with Gasteiger partial charge in [-0.15, -0.1) is 0 Å². The van der Waals surface area contributed by atoms with Crippen LogP contribution in [0.25, 0.3) is 0 Å². The number of nitriles is 1. The summed E-state index contributed by atoms with van der Waals surface area (Å²) in [4.78, 5) is 61.8. The molecule has 0 spiro atoms. The maximum Gasteiger partial charge on any atom is 0.315 e. The standard InChI is InChI=1S/C29H32N2O8/c1-16(2)10-27(35)38-26-9-8-25(37-24-7-6-19(31)13-21(24)23(34)15-30)22(14-20(33)12-18(5)32)29(26)39-28(36)11-17(3)4/h6-7,13,25-26H,1,3,8-12,14,31H2,2,4-5H3/t25?,26-/m1/s1. The minimum Gasteiger partial charge on any atom is -0.485 e. The van der Waals surface area contributed by atoms with Gasteiger partial charge in [0.05, 0.1) is 24.8 Å². The molecule has 1 aliphatic rings. The van der Waals surface area contributed by atoms with E-state index in [4.69, 9.17) is 25.2 Å². The fourth-order valence-electron chi connectivity index (χ4n) is 3.99. The Kier molecular flexibility index (Phi) is 10.9. The monoisotopic (exact) mass is 536 g/mol. The van der Waals surface area contributed by atoms with Gasteiger partial charge in [0.2, 0.25) is 0 Å². The van der Waals surface area contributed by atoms with Crippen molar-refractivity contribution in [3.8, 4) is 11.8 Å². The van der Waals surface area contributed by atoms with E-state index >= 15 is 0 Å². The van der Waals surface area contributed by atoms with Gasteiger partial charge in [0.1, 0.15) is 29.5 Å². The Bertz CT molecular complexity index is 1280. The lowest BCUT2D eigenvalue weighted by Gasteiger charge is -2.33. The molecule has 10 nitrogen and oxygen atoms in total. The number of Topliss-reactive ketones (excluding diaryl/α,β-unsaturated/α-hetero) is 3. The molecule has 0 saturated carbocycles. The van der Waals surface area contributed by atoms with E-state index < -0.39 is 35.7 Å². The zero-order chi connectivity index (χ0) is 29.3. The van der Waals surface area contributed by atoms with Crippen molar-refractivity contribution in [2.45, 2.75) is 71.5 Å². The Hall–Kier alpha value is -4.52. The van der Waals surface area contributed by atoms with Crippen molar-refractivity contribution in [1.82, 2.24) is 0 Å². The summed E-state index contributed by atoms with van der Waals surface area (Å²) < 4.78 is 17.4. The summed E-state index contributed by atoms with van der Waals surface area (Å²) in [7, 11) is 0. The van der Waals surface area contributed by atoms with Crippen molar-refractivity contribution >= 4 is 35.0 Å². The van der Waals surface area contributed by atoms with Gasteiger partial charge in [0.15, 0.2) is 11.9 Å². The molecule has 2 atom stereocenters. The van der Waals surface area contributed by atoms with Crippen LogP contribution in [0.15, 0.2) is 53.8 Å². The first-order valence-corrected chi connectivity index (χ1v) is 12.2. The summed E-state index contributed by atoms with van der Waals surface area (Å²) in [5.41, 5.74) is 7.21. The lowest BCUT2D eigenvalue weighted by atomic mass is 9.88. The molecule has 0 fully saturated rings. The van der Waals surface area contributed by atoms with E-state index in [0.717, 1.165) is 0 Å². The number of nitrogens with zero attached hydrogens (tertiary/aromatic N) is 1. The largest absolute Gasteiger partial charge is 0.485 e. The molecule has 39 heavy (non-hydrogen) atoms. The average Bonchev–Trinajstić information content (AvgIpc) is 2.81. The number of carbonyl (C=O) groups excluding carboxylic acids is 5. The Morgan fingerprint density at radius 2 is 1.59 bits per heavy atom. The second-order valence-corrected chi connectivity index (χ2v) is 9.58. The summed E-state index contributed by atoms with van der Waals surface area (Å²) in [6.45, 7) is 12.0. The summed E-state index contributed by atoms with van der Waals surface area (Å²) in [6, 6.07) is 5.72. The summed E-state index contributed by atoms with van der Waals surface area (Å²) >= 11 is 0. The van der Waals surface area contributed by atoms with Crippen molar-refractivity contribution in [2.24, 2.45) is 0 Å². The molecule has 1 aromatic carbocycles. The quantitative estimate of drug-likeness (QED) is 0.0969. The van der Waals surface area contributed by atoms with E-state index in [1.54, 1.807) is 13.8 Å². The normalized spacial score (nSPS) is 16.5. The van der Waals surface area contributed by atoms with Crippen LogP contribution in [-0.2, 0) is 28.7 Å². The Balaban J connectivity index is 2.61. The van der Waals surface area contributed by atoms with Gasteiger partial charge in [-0.1, -0.05) is 24.3 Å². The molecule has 0 radical (unpaired) electrons. The fourth-order valence-corrected chi connectivity index (χ4v) is 3.99. The average molecular weight is 537 g/mol. The highest BCUT2D eigenvalue weighted by Gasteiger charge is 2.37. The highest BCUT2D eigenvalue weighted by atomic mass is 16.6. The summed E-state index contributed by atoms with van der Waals surface area (Å²) in [6.07, 6.45) is -2.49. The van der Waals surface area contributed by atoms with Crippen molar-refractivity contribution < 1.29 is 38.2 Å². The van der Waals surface area contributed by atoms with Crippen LogP contribution in [0.4, 0.5) is 5.69 Å². The van der Waals surface area contributed by atoms with Gasteiger partial charge in [0, 0.05) is 17.7 Å². The van der Waals surface area contributed by atoms with E-state index in [0.29, 0.717) is 11.1 Å². The number of rotatable bonds is 13. The number of benzene rings is 1. The molecule has 206 valence electrons.